The molecule has 4 aliphatic rings. The first-order valence-corrected chi connectivity index (χ1v) is 15.3. The van der Waals surface area contributed by atoms with Crippen molar-refractivity contribution in [3.63, 3.8) is 0 Å². The summed E-state index contributed by atoms with van der Waals surface area (Å²) in [4.78, 5) is 44.6. The van der Waals surface area contributed by atoms with Gasteiger partial charge < -0.3 is 19.9 Å². The van der Waals surface area contributed by atoms with Gasteiger partial charge in [-0.3, -0.25) is 15.5 Å². The molecule has 0 saturated heterocycles. The molecule has 0 aliphatic carbocycles. The second kappa shape index (κ2) is 14.8. The van der Waals surface area contributed by atoms with Gasteiger partial charge in [0, 0.05) is 12.8 Å². The molecule has 1 aromatic rings. The van der Waals surface area contributed by atoms with Crippen LogP contribution in [0.3, 0.4) is 0 Å². The van der Waals surface area contributed by atoms with Crippen LogP contribution in [0.1, 0.15) is 75.9 Å². The number of aliphatic imine (C=N–C) groups is 3. The molecule has 10 heteroatoms. The minimum absolute atomic E-state index is 0. The molecule has 5 heterocycles. The average molecular weight is 674 g/mol. The molecule has 0 N–H and O–H groups in total. The summed E-state index contributed by atoms with van der Waals surface area (Å²) in [5.74, 6) is 1.52. The molecule has 4 aliphatic heterocycles. The molecular formula is C37H37N5NiO4. The van der Waals surface area contributed by atoms with Crippen LogP contribution in [-0.2, 0) is 42.0 Å². The van der Waals surface area contributed by atoms with E-state index in [-0.39, 0.29) is 41.3 Å². The third kappa shape index (κ3) is 7.04. The van der Waals surface area contributed by atoms with Crippen LogP contribution in [0.4, 0.5) is 0 Å². The maximum atomic E-state index is 12.2. The molecule has 0 aromatic carbocycles. The summed E-state index contributed by atoms with van der Waals surface area (Å²) >= 11 is 0. The topological polar surface area (TPSA) is 126 Å². The van der Waals surface area contributed by atoms with E-state index < -0.39 is 0 Å². The fraction of sp³-hybridized carbons (Fsp3) is 0.324. The largest absolute Gasteiger partial charge is 2.00 e. The Morgan fingerprint density at radius 1 is 0.872 bits per heavy atom. The van der Waals surface area contributed by atoms with Gasteiger partial charge in [0.2, 0.25) is 0 Å². The molecule has 0 atom stereocenters. The molecule has 0 saturated carbocycles. The Balaban J connectivity index is 0.00000500. The van der Waals surface area contributed by atoms with Crippen LogP contribution in [0.25, 0.3) is 17.1 Å². The third-order valence-corrected chi connectivity index (χ3v) is 8.74. The van der Waals surface area contributed by atoms with E-state index in [0.717, 1.165) is 85.2 Å². The van der Waals surface area contributed by atoms with Crippen LogP contribution in [0, 0.1) is 6.92 Å². The predicted octanol–water partition coefficient (Wildman–Crippen LogP) is 6.66. The number of allylic oxidation sites excluding steroid dienone is 11. The van der Waals surface area contributed by atoms with E-state index in [2.05, 4.69) is 19.7 Å². The number of methoxy groups -OCH3 is 2. The van der Waals surface area contributed by atoms with E-state index in [9.17, 15) is 15.0 Å². The van der Waals surface area contributed by atoms with E-state index >= 15 is 0 Å². The number of esters is 2. The Bertz CT molecular complexity index is 1910. The summed E-state index contributed by atoms with van der Waals surface area (Å²) in [6.45, 7) is 10.2. The summed E-state index contributed by atoms with van der Waals surface area (Å²) in [6.07, 6.45) is 13.2. The first-order valence-electron chi connectivity index (χ1n) is 15.3. The fourth-order valence-electron chi connectivity index (χ4n) is 6.14. The van der Waals surface area contributed by atoms with Crippen molar-refractivity contribution >= 4 is 46.6 Å². The van der Waals surface area contributed by atoms with Gasteiger partial charge in [-0.15, -0.1) is 11.4 Å². The number of aromatic nitrogens is 1. The van der Waals surface area contributed by atoms with E-state index in [1.165, 1.54) is 20.3 Å². The summed E-state index contributed by atoms with van der Waals surface area (Å²) in [7, 11) is 2.77. The van der Waals surface area contributed by atoms with Crippen LogP contribution in [0.5, 0.6) is 0 Å². The van der Waals surface area contributed by atoms with Gasteiger partial charge in [0.15, 0.2) is 0 Å². The molecule has 8 bridgehead atoms. The van der Waals surface area contributed by atoms with Crippen LogP contribution in [-0.4, -0.2) is 49.2 Å². The molecule has 0 radical (unpaired) electrons. The number of nitrogens with zero attached hydrogens (tertiary/aromatic N) is 5. The number of hydrogen-bond donors (Lipinski definition) is 0. The quantitative estimate of drug-likeness (QED) is 0.173. The number of hydrogen-bond acceptors (Lipinski definition) is 7. The first-order chi connectivity index (χ1) is 22.1. The van der Waals surface area contributed by atoms with Crippen LogP contribution in [0.2, 0.25) is 0 Å². The zero-order valence-electron chi connectivity index (χ0n) is 27.7. The van der Waals surface area contributed by atoms with Crippen molar-refractivity contribution in [2.24, 2.45) is 15.0 Å². The molecule has 0 spiro atoms. The van der Waals surface area contributed by atoms with Gasteiger partial charge in [0.1, 0.15) is 0 Å². The van der Waals surface area contributed by atoms with Gasteiger partial charge in [0.05, 0.1) is 48.4 Å². The number of carbonyl (C=O) groups excluding carboxylic acids is 2. The maximum absolute atomic E-state index is 12.2. The van der Waals surface area contributed by atoms with Crippen molar-refractivity contribution in [2.45, 2.75) is 66.7 Å². The Morgan fingerprint density at radius 3 is 2.17 bits per heavy atom. The normalized spacial score (nSPS) is 17.6. The molecule has 0 amide bonds. The van der Waals surface area contributed by atoms with E-state index in [1.54, 1.807) is 6.08 Å². The monoisotopic (exact) mass is 673 g/mol. The van der Waals surface area contributed by atoms with Crippen molar-refractivity contribution in [3.8, 4) is 0 Å². The second-order valence-corrected chi connectivity index (χ2v) is 11.4. The van der Waals surface area contributed by atoms with Crippen LogP contribution < -0.4 is 4.98 Å². The van der Waals surface area contributed by atoms with Crippen molar-refractivity contribution in [3.05, 3.63) is 103 Å². The van der Waals surface area contributed by atoms with Gasteiger partial charge in [-0.05, 0) is 111 Å². The third-order valence-electron chi connectivity index (χ3n) is 8.74. The van der Waals surface area contributed by atoms with Gasteiger partial charge in [-0.2, -0.15) is 0 Å². The zero-order valence-corrected chi connectivity index (χ0v) is 28.7. The Hall–Kier alpha value is -4.65. The van der Waals surface area contributed by atoms with E-state index in [1.807, 2.05) is 45.1 Å². The van der Waals surface area contributed by atoms with Gasteiger partial charge in [0.25, 0.3) is 0 Å². The minimum Gasteiger partial charge on any atom is -0.763 e. The molecule has 9 nitrogen and oxygen atoms in total. The first kappa shape index (κ1) is 35.2. The van der Waals surface area contributed by atoms with E-state index in [4.69, 9.17) is 29.4 Å². The molecule has 5 rings (SSSR count). The Labute approximate surface area is 285 Å². The Kier molecular flexibility index (Phi) is 11.1. The van der Waals surface area contributed by atoms with Gasteiger partial charge in [-0.25, -0.2) is 15.0 Å². The number of carbonyl (C=O) groups is 2. The van der Waals surface area contributed by atoms with Gasteiger partial charge in [-0.1, -0.05) is 24.1 Å². The van der Waals surface area contributed by atoms with Crippen molar-refractivity contribution in [2.75, 3.05) is 14.2 Å². The summed E-state index contributed by atoms with van der Waals surface area (Å²) < 4.78 is 9.87. The summed E-state index contributed by atoms with van der Waals surface area (Å²) in [5.41, 5.74) is 13.5. The molecule has 0 fully saturated rings. The van der Waals surface area contributed by atoms with Crippen molar-refractivity contribution in [1.29, 1.82) is 0 Å². The number of rotatable bonds is 8. The van der Waals surface area contributed by atoms with Gasteiger partial charge >= 0.3 is 28.4 Å². The van der Waals surface area contributed by atoms with Crippen molar-refractivity contribution in [1.82, 2.24) is 4.98 Å². The SMILES string of the molecule is CCc1c2[n-]c(c1C)C=C1N=C(C=C3N=C(C=C4C=C(C)C(=N4)/C2=C/C=C=[N-])C(C)=C3CCC(=O)OC)C(CCC(=O)OC)=C1C.[Ni+2]. The van der Waals surface area contributed by atoms with E-state index in [0.29, 0.717) is 24.3 Å². The van der Waals surface area contributed by atoms with Crippen LogP contribution >= 0.6 is 0 Å². The molecule has 1 aromatic heterocycles. The summed E-state index contributed by atoms with van der Waals surface area (Å²) in [5, 5.41) is 9.46. The summed E-state index contributed by atoms with van der Waals surface area (Å²) in [6, 6.07) is 0. The standard InChI is InChI=1S/C37H37N5O4.Ni/c1-8-25-21(3)31-18-30-23(5)27(12-14-35(44)46-7)33(41-30)19-32-26(11-13-34(43)45-6)22(4)29(40-32)17-24-16-20(2)36(39-24)28(10-9-15-38)37(25)42-31;/h9-10,16-19H,8,11-14H2,1-7H3;/q-2;+2/b28-10-;. The molecule has 0 unspecified atom stereocenters. The smallest absolute Gasteiger partial charge is 0.763 e. The van der Waals surface area contributed by atoms with Crippen molar-refractivity contribution < 1.29 is 35.6 Å². The number of ether oxygens (including phenoxy) is 2. The predicted molar refractivity (Wildman–Crippen MR) is 183 cm³/mol. The second-order valence-electron chi connectivity index (χ2n) is 11.4. The van der Waals surface area contributed by atoms with Crippen LogP contribution in [0.15, 0.2) is 90.3 Å². The maximum Gasteiger partial charge on any atom is 2.00 e. The molecule has 47 heavy (non-hydrogen) atoms. The Morgan fingerprint density at radius 2 is 1.53 bits per heavy atom. The average Bonchev–Trinajstić information content (AvgIpc) is 3.74. The molecular weight excluding hydrogens is 637 g/mol. The minimum atomic E-state index is -0.303. The number of fused-ring (bicyclic) bond motifs is 5. The zero-order chi connectivity index (χ0) is 33.1. The molecule has 244 valence electrons. The fourth-order valence-corrected chi connectivity index (χ4v) is 6.14.